The van der Waals surface area contributed by atoms with Gasteiger partial charge in [0, 0.05) is 55.9 Å². The molecule has 3 aliphatic heterocycles. The van der Waals surface area contributed by atoms with Crippen LogP contribution in [0.2, 0.25) is 0 Å². The Balaban J connectivity index is 1.14. The lowest BCUT2D eigenvalue weighted by molar-refractivity contribution is -0.00183. The van der Waals surface area contributed by atoms with Crippen LogP contribution in [0.25, 0.3) is 15.6 Å². The maximum atomic E-state index is 13.2. The van der Waals surface area contributed by atoms with Crippen LogP contribution in [0, 0.1) is 6.57 Å². The number of nitrogens with zero attached hydrogens (tertiary/aromatic N) is 6. The van der Waals surface area contributed by atoms with Crippen molar-refractivity contribution in [3.63, 3.8) is 0 Å². The first-order valence-electron chi connectivity index (χ1n) is 16.3. The molecular formula is C36H39N7O4. The van der Waals surface area contributed by atoms with E-state index in [-0.39, 0.29) is 25.3 Å². The summed E-state index contributed by atoms with van der Waals surface area (Å²) < 4.78 is 17.7. The highest BCUT2D eigenvalue weighted by atomic mass is 16.6. The zero-order chi connectivity index (χ0) is 32.0. The highest BCUT2D eigenvalue weighted by Crippen LogP contribution is 2.34. The second-order valence-electron chi connectivity index (χ2n) is 12.1. The lowest BCUT2D eigenvalue weighted by atomic mass is 10.0. The molecule has 0 bridgehead atoms. The molecule has 1 amide bonds. The number of aromatic nitrogens is 2. The van der Waals surface area contributed by atoms with Crippen LogP contribution in [0.4, 0.5) is 16.3 Å². The minimum Gasteiger partial charge on any atom is -0.461 e. The normalized spacial score (nSPS) is 19.6. The number of hydrogen-bond donors (Lipinski definition) is 1. The largest absolute Gasteiger partial charge is 0.461 e. The van der Waals surface area contributed by atoms with Crippen molar-refractivity contribution in [3.05, 3.63) is 101 Å². The van der Waals surface area contributed by atoms with Crippen molar-refractivity contribution >= 4 is 28.4 Å². The number of morpholine rings is 1. The van der Waals surface area contributed by atoms with Crippen molar-refractivity contribution in [1.29, 1.82) is 0 Å². The van der Waals surface area contributed by atoms with Gasteiger partial charge in [-0.05, 0) is 23.4 Å². The van der Waals surface area contributed by atoms with Gasteiger partial charge < -0.3 is 34.2 Å². The summed E-state index contributed by atoms with van der Waals surface area (Å²) in [5, 5.41) is 5.76. The quantitative estimate of drug-likeness (QED) is 0.285. The summed E-state index contributed by atoms with van der Waals surface area (Å²) in [5.41, 5.74) is 4.12. The number of carbonyl (C=O) groups excluding carboxylic acids is 1. The van der Waals surface area contributed by atoms with Gasteiger partial charge >= 0.3 is 12.1 Å². The van der Waals surface area contributed by atoms with E-state index in [0.717, 1.165) is 42.1 Å². The molecule has 11 nitrogen and oxygen atoms in total. The summed E-state index contributed by atoms with van der Waals surface area (Å²) in [6.07, 6.45) is 0.284. The Hall–Kier alpha value is -4.92. The van der Waals surface area contributed by atoms with Crippen molar-refractivity contribution in [1.82, 2.24) is 20.2 Å². The smallest absolute Gasteiger partial charge is 0.410 e. The predicted molar refractivity (Wildman–Crippen MR) is 180 cm³/mol. The van der Waals surface area contributed by atoms with E-state index in [4.69, 9.17) is 30.8 Å². The van der Waals surface area contributed by atoms with Crippen LogP contribution in [-0.2, 0) is 29.0 Å². The molecule has 3 aliphatic rings. The Morgan fingerprint density at radius 1 is 1.00 bits per heavy atom. The highest BCUT2D eigenvalue weighted by Gasteiger charge is 2.36. The number of nitrogens with one attached hydrogen (secondary N) is 1. The van der Waals surface area contributed by atoms with Crippen LogP contribution >= 0.6 is 0 Å². The molecule has 0 aliphatic carbocycles. The standard InChI is InChI=1S/C36H39N7O4/c1-37-20-28-22-42(17-18-43(28)36(44)47-24-26-8-3-2-4-9-26)34-31-14-16-41(33-13-7-11-27-10-5-6-12-30(27)33)23-32(31)39-35(40-34)46-25-29-21-38-15-19-45-29/h2-13,28-29,38H,14-25H2/t28?,29-/m0/s1. The summed E-state index contributed by atoms with van der Waals surface area (Å²) in [4.78, 5) is 33.1. The van der Waals surface area contributed by atoms with E-state index in [1.54, 1.807) is 4.90 Å². The second-order valence-corrected chi connectivity index (χ2v) is 12.1. The van der Waals surface area contributed by atoms with E-state index in [9.17, 15) is 4.79 Å². The summed E-state index contributed by atoms with van der Waals surface area (Å²) in [6, 6.07) is 24.5. The average Bonchev–Trinajstić information content (AvgIpc) is 3.13. The number of rotatable bonds is 8. The number of amides is 1. The number of fused-ring (bicyclic) bond motifs is 2. The minimum atomic E-state index is -0.400. The molecule has 1 unspecified atom stereocenters. The first-order valence-corrected chi connectivity index (χ1v) is 16.3. The van der Waals surface area contributed by atoms with E-state index in [0.29, 0.717) is 51.9 Å². The summed E-state index contributed by atoms with van der Waals surface area (Å²) in [7, 11) is 0. The zero-order valence-electron chi connectivity index (χ0n) is 26.4. The summed E-state index contributed by atoms with van der Waals surface area (Å²) >= 11 is 0. The Morgan fingerprint density at radius 3 is 2.70 bits per heavy atom. The molecule has 4 heterocycles. The topological polar surface area (TPSA) is 96.6 Å². The van der Waals surface area contributed by atoms with Crippen LogP contribution in [0.15, 0.2) is 72.8 Å². The molecule has 2 atom stereocenters. The number of benzene rings is 3. The second kappa shape index (κ2) is 14.2. The van der Waals surface area contributed by atoms with Crippen molar-refractivity contribution < 1.29 is 19.0 Å². The average molecular weight is 634 g/mol. The molecule has 47 heavy (non-hydrogen) atoms. The van der Waals surface area contributed by atoms with Crippen molar-refractivity contribution in [2.24, 2.45) is 0 Å². The van der Waals surface area contributed by atoms with Gasteiger partial charge in [0.15, 0.2) is 0 Å². The maximum Gasteiger partial charge on any atom is 0.410 e. The third-order valence-corrected chi connectivity index (χ3v) is 9.06. The number of hydrogen-bond acceptors (Lipinski definition) is 9. The zero-order valence-corrected chi connectivity index (χ0v) is 26.4. The van der Waals surface area contributed by atoms with E-state index in [1.165, 1.54) is 16.5 Å². The molecule has 1 aromatic heterocycles. The monoisotopic (exact) mass is 633 g/mol. The first kappa shape index (κ1) is 30.7. The fraction of sp³-hybridized carbons (Fsp3) is 0.389. The molecule has 7 rings (SSSR count). The molecule has 2 fully saturated rings. The fourth-order valence-corrected chi connectivity index (χ4v) is 6.65. The van der Waals surface area contributed by atoms with Gasteiger partial charge in [0.25, 0.3) is 0 Å². The summed E-state index contributed by atoms with van der Waals surface area (Å²) in [6.45, 7) is 13.4. The first-order chi connectivity index (χ1) is 23.2. The van der Waals surface area contributed by atoms with E-state index >= 15 is 0 Å². The minimum absolute atomic E-state index is 0.0764. The van der Waals surface area contributed by atoms with Gasteiger partial charge in [-0.2, -0.15) is 9.97 Å². The summed E-state index contributed by atoms with van der Waals surface area (Å²) in [5.74, 6) is 0.817. The van der Waals surface area contributed by atoms with E-state index in [1.807, 2.05) is 30.3 Å². The van der Waals surface area contributed by atoms with Crippen LogP contribution < -0.4 is 19.9 Å². The van der Waals surface area contributed by atoms with Crippen LogP contribution in [0.3, 0.4) is 0 Å². The van der Waals surface area contributed by atoms with Gasteiger partial charge in [-0.25, -0.2) is 11.4 Å². The molecular weight excluding hydrogens is 594 g/mol. The Bertz CT molecular complexity index is 1740. The van der Waals surface area contributed by atoms with Gasteiger partial charge in [0.1, 0.15) is 31.2 Å². The number of anilines is 2. The molecule has 0 saturated carbocycles. The van der Waals surface area contributed by atoms with Crippen molar-refractivity contribution in [3.8, 4) is 6.01 Å². The van der Waals surface area contributed by atoms with Gasteiger partial charge in [-0.3, -0.25) is 4.90 Å². The van der Waals surface area contributed by atoms with E-state index < -0.39 is 6.09 Å². The Morgan fingerprint density at radius 2 is 1.85 bits per heavy atom. The Labute approximate surface area is 274 Å². The molecule has 2 saturated heterocycles. The number of piperazine rings is 1. The highest BCUT2D eigenvalue weighted by molar-refractivity contribution is 5.94. The van der Waals surface area contributed by atoms with E-state index in [2.05, 4.69) is 62.4 Å². The number of ether oxygens (including phenoxy) is 3. The lowest BCUT2D eigenvalue weighted by Gasteiger charge is -2.40. The van der Waals surface area contributed by atoms with Crippen LogP contribution in [0.5, 0.6) is 6.01 Å². The fourth-order valence-electron chi connectivity index (χ4n) is 6.65. The van der Waals surface area contributed by atoms with Gasteiger partial charge in [0.05, 0.1) is 18.8 Å². The van der Waals surface area contributed by atoms with Crippen molar-refractivity contribution in [2.75, 3.05) is 68.8 Å². The maximum absolute atomic E-state index is 13.2. The molecule has 0 spiro atoms. The molecule has 3 aromatic carbocycles. The van der Waals surface area contributed by atoms with Crippen LogP contribution in [0.1, 0.15) is 16.8 Å². The molecule has 11 heteroatoms. The molecule has 1 N–H and O–H groups in total. The third kappa shape index (κ3) is 6.94. The van der Waals surface area contributed by atoms with Crippen molar-refractivity contribution in [2.45, 2.75) is 31.7 Å². The van der Waals surface area contributed by atoms with Crippen LogP contribution in [-0.4, -0.2) is 92.1 Å². The Kier molecular flexibility index (Phi) is 9.31. The lowest BCUT2D eigenvalue weighted by Crippen LogP contribution is -2.57. The van der Waals surface area contributed by atoms with Gasteiger partial charge in [-0.15, -0.1) is 0 Å². The molecule has 242 valence electrons. The molecule has 4 aromatic rings. The van der Waals surface area contributed by atoms with Gasteiger partial charge in [0.2, 0.25) is 6.54 Å². The van der Waals surface area contributed by atoms with Gasteiger partial charge in [-0.1, -0.05) is 66.7 Å². The third-order valence-electron chi connectivity index (χ3n) is 9.06. The predicted octanol–water partition coefficient (Wildman–Crippen LogP) is 4.31. The number of carbonyl (C=O) groups is 1. The SMILES string of the molecule is [C-]#[N+]CC1CN(c2nc(OC[C@@H]3CNCCO3)nc3c2CCN(c2cccc4ccccc24)C3)CCN1C(=O)OCc1ccccc1. The molecule has 0 radical (unpaired) electrons.